The molecule has 0 radical (unpaired) electrons. The topological polar surface area (TPSA) is 36.9 Å². The van der Waals surface area contributed by atoms with Crippen LogP contribution in [0.15, 0.2) is 36.4 Å². The molecule has 10 heteroatoms. The Labute approximate surface area is 328 Å². The molecule has 298 valence electrons. The Hall–Kier alpha value is -1.06. The van der Waals surface area contributed by atoms with Crippen molar-refractivity contribution in [1.29, 1.82) is 0 Å². The predicted molar refractivity (Wildman–Crippen MR) is 247 cm³/mol. The van der Waals surface area contributed by atoms with Crippen LogP contribution in [-0.4, -0.2) is 48.5 Å². The monoisotopic (exact) mass is 818 g/mol. The zero-order chi connectivity index (χ0) is 40.9. The molecule has 0 bridgehead atoms. The molecule has 0 amide bonds. The van der Waals surface area contributed by atoms with E-state index in [1.54, 1.807) is 0 Å². The third kappa shape index (κ3) is 11.7. The fraction of sp³-hybridized carbons (Fsp3) is 0.714. The lowest BCUT2D eigenvalue weighted by Crippen LogP contribution is -2.58. The molecule has 0 saturated carbocycles. The highest BCUT2D eigenvalue weighted by molar-refractivity contribution is 7.40. The first-order valence-electron chi connectivity index (χ1n) is 19.8. The van der Waals surface area contributed by atoms with Gasteiger partial charge in [0.25, 0.3) is 0 Å². The molecular weight excluding hydrogens is 737 g/mol. The maximum Gasteiger partial charge on any atom is 0.250 e. The maximum absolute atomic E-state index is 7.02. The van der Waals surface area contributed by atoms with Crippen LogP contribution in [0.5, 0.6) is 23.0 Å². The van der Waals surface area contributed by atoms with Gasteiger partial charge in [-0.3, -0.25) is 0 Å². The summed E-state index contributed by atoms with van der Waals surface area (Å²) in [5.41, 5.74) is 2.71. The minimum Gasteiger partial charge on any atom is -0.543 e. The van der Waals surface area contributed by atoms with Gasteiger partial charge in [-0.1, -0.05) is 109 Å². The molecule has 0 aromatic heterocycles. The van der Waals surface area contributed by atoms with Crippen molar-refractivity contribution < 1.29 is 17.7 Å². The van der Waals surface area contributed by atoms with E-state index in [1.807, 2.05) is 0 Å². The van der Waals surface area contributed by atoms with Gasteiger partial charge in [-0.25, -0.2) is 0 Å². The van der Waals surface area contributed by atoms with Crippen molar-refractivity contribution in [3.63, 3.8) is 0 Å². The zero-order valence-corrected chi connectivity index (χ0v) is 44.5. The van der Waals surface area contributed by atoms with Crippen molar-refractivity contribution in [3.8, 4) is 23.0 Å². The summed E-state index contributed by atoms with van der Waals surface area (Å²) in [6, 6.07) is 15.9. The van der Waals surface area contributed by atoms with Gasteiger partial charge in [0, 0.05) is 19.7 Å². The van der Waals surface area contributed by atoms with Crippen LogP contribution in [0, 0.1) is 0 Å². The van der Waals surface area contributed by atoms with E-state index in [2.05, 4.69) is 198 Å². The van der Waals surface area contributed by atoms with Crippen LogP contribution in [0.25, 0.3) is 0 Å². The second-order valence-corrected chi connectivity index (χ2v) is 58.6. The van der Waals surface area contributed by atoms with Crippen molar-refractivity contribution in [2.45, 2.75) is 194 Å². The van der Waals surface area contributed by atoms with Crippen molar-refractivity contribution in [3.05, 3.63) is 47.5 Å². The second-order valence-electron chi connectivity index (χ2n) is 23.2. The summed E-state index contributed by atoms with van der Waals surface area (Å²) in [7, 11) is -11.9. The Balaban J connectivity index is 2.78. The molecule has 0 atom stereocenters. The third-order valence-corrected chi connectivity index (χ3v) is 49.0. The van der Waals surface area contributed by atoms with Gasteiger partial charge in [0.1, 0.15) is 23.0 Å². The van der Waals surface area contributed by atoms with E-state index >= 15 is 0 Å². The van der Waals surface area contributed by atoms with Crippen molar-refractivity contribution >= 4 is 48.5 Å². The third-order valence-electron chi connectivity index (χ3n) is 13.6. The first-order chi connectivity index (χ1) is 22.7. The Kier molecular flexibility index (Phi) is 13.7. The lowest BCUT2D eigenvalue weighted by molar-refractivity contribution is 0.473. The SMILES string of the molecule is CC(C)(C)[Si](C)(C)Oc1cc(C[Si](C)(Cc2cc(O[Si](C)(C)C(C)(C)C)cc(O[Si](C)(C)C(C)(C)C)c2)[Si](C)(C)C)cc(O[Si](C)(C)C(C)(C)C)c1. The smallest absolute Gasteiger partial charge is 0.250 e. The summed E-state index contributed by atoms with van der Waals surface area (Å²) < 4.78 is 28.1. The molecule has 0 aliphatic rings. The molecule has 0 aliphatic heterocycles. The Morgan fingerprint density at radius 3 is 0.692 bits per heavy atom. The van der Waals surface area contributed by atoms with E-state index in [4.69, 9.17) is 17.7 Å². The van der Waals surface area contributed by atoms with Crippen LogP contribution in [-0.2, 0) is 12.1 Å². The Morgan fingerprint density at radius 2 is 0.538 bits per heavy atom. The van der Waals surface area contributed by atoms with Crippen LogP contribution in [0.1, 0.15) is 94.2 Å². The molecule has 2 rings (SSSR count). The maximum atomic E-state index is 7.02. The number of benzene rings is 2. The number of hydrogen-bond acceptors (Lipinski definition) is 4. The predicted octanol–water partition coefficient (Wildman–Crippen LogP) is 14.6. The Morgan fingerprint density at radius 1 is 0.346 bits per heavy atom. The number of hydrogen-bond donors (Lipinski definition) is 0. The van der Waals surface area contributed by atoms with Crippen LogP contribution in [0.2, 0.25) is 98.7 Å². The summed E-state index contributed by atoms with van der Waals surface area (Å²) in [5.74, 6) is 3.89. The average Bonchev–Trinajstić information content (AvgIpc) is 2.83. The number of rotatable bonds is 13. The molecule has 2 aromatic rings. The minimum atomic E-state index is -2.07. The molecule has 4 nitrogen and oxygen atoms in total. The summed E-state index contributed by atoms with van der Waals surface area (Å²) >= 11 is 0. The van der Waals surface area contributed by atoms with Gasteiger partial charge in [0.2, 0.25) is 33.3 Å². The highest BCUT2D eigenvalue weighted by Crippen LogP contribution is 2.44. The molecule has 0 heterocycles. The van der Waals surface area contributed by atoms with E-state index in [1.165, 1.54) is 11.1 Å². The lowest BCUT2D eigenvalue weighted by Gasteiger charge is -2.41. The van der Waals surface area contributed by atoms with Crippen LogP contribution >= 0.6 is 0 Å². The van der Waals surface area contributed by atoms with Crippen LogP contribution in [0.3, 0.4) is 0 Å². The van der Waals surface area contributed by atoms with E-state index in [-0.39, 0.29) is 20.2 Å². The molecule has 0 N–H and O–H groups in total. The van der Waals surface area contributed by atoms with Crippen molar-refractivity contribution in [2.75, 3.05) is 0 Å². The van der Waals surface area contributed by atoms with Crippen LogP contribution in [0.4, 0.5) is 0 Å². The van der Waals surface area contributed by atoms with E-state index in [0.717, 1.165) is 35.1 Å². The highest BCUT2D eigenvalue weighted by atomic mass is 29.3. The van der Waals surface area contributed by atoms with Gasteiger partial charge in [0.05, 0.1) is 7.59 Å². The van der Waals surface area contributed by atoms with Gasteiger partial charge in [-0.05, 0) is 120 Å². The van der Waals surface area contributed by atoms with E-state index in [9.17, 15) is 0 Å². The summed E-state index contributed by atoms with van der Waals surface area (Å²) in [6.45, 7) is 57.0. The summed E-state index contributed by atoms with van der Waals surface area (Å²) in [6.07, 6.45) is 0. The fourth-order valence-electron chi connectivity index (χ4n) is 4.99. The lowest BCUT2D eigenvalue weighted by atomic mass is 10.2. The van der Waals surface area contributed by atoms with Gasteiger partial charge in [-0.15, -0.1) is 0 Å². The van der Waals surface area contributed by atoms with Crippen LogP contribution < -0.4 is 17.7 Å². The summed E-state index contributed by atoms with van der Waals surface area (Å²) in [4.78, 5) is 0. The molecule has 52 heavy (non-hydrogen) atoms. The Bertz CT molecular complexity index is 1330. The largest absolute Gasteiger partial charge is 0.543 e. The molecule has 0 fully saturated rings. The van der Waals surface area contributed by atoms with Gasteiger partial charge in [0.15, 0.2) is 0 Å². The molecular formula is C42H82O4Si6. The highest BCUT2D eigenvalue weighted by Gasteiger charge is 2.45. The average molecular weight is 820 g/mol. The molecule has 0 aliphatic carbocycles. The zero-order valence-electron chi connectivity index (χ0n) is 38.5. The summed E-state index contributed by atoms with van der Waals surface area (Å²) in [5, 5.41) is 0.416. The first kappa shape index (κ1) is 47.1. The van der Waals surface area contributed by atoms with E-state index in [0.29, 0.717) is 0 Å². The molecule has 0 spiro atoms. The van der Waals surface area contributed by atoms with Gasteiger partial charge in [-0.2, -0.15) is 0 Å². The van der Waals surface area contributed by atoms with Gasteiger partial charge >= 0.3 is 0 Å². The normalized spacial score (nSPS) is 14.7. The van der Waals surface area contributed by atoms with Gasteiger partial charge < -0.3 is 17.7 Å². The second kappa shape index (κ2) is 15.1. The molecule has 0 saturated heterocycles. The van der Waals surface area contributed by atoms with Crippen molar-refractivity contribution in [1.82, 2.24) is 0 Å². The first-order valence-corrected chi connectivity index (χ1v) is 38.8. The molecule has 2 aromatic carbocycles. The quantitative estimate of drug-likeness (QED) is 0.189. The minimum absolute atomic E-state index is 0.104. The molecule has 0 unspecified atom stereocenters. The standard InChI is InChI=1S/C42H82O4Si6/c1-39(2,3)48(16,17)43-35-25-33(26-36(29-35)44-49(18,19)40(4,5)6)31-52(24,47(13,14)15)32-34-27-37(45-50(20,21)41(7,8)9)30-38(28-34)46-51(22,23)42(10,11)12/h25-30H,31-32H2,1-24H3. The van der Waals surface area contributed by atoms with E-state index < -0.39 is 48.5 Å². The fourth-order valence-corrected chi connectivity index (χ4v) is 16.8. The van der Waals surface area contributed by atoms with Crippen molar-refractivity contribution in [2.24, 2.45) is 0 Å².